The van der Waals surface area contributed by atoms with Crippen LogP contribution >= 0.6 is 23.2 Å². The molecule has 2 aromatic rings. The molecule has 1 atom stereocenters. The third-order valence-corrected chi connectivity index (χ3v) is 9.36. The van der Waals surface area contributed by atoms with Gasteiger partial charge in [0.15, 0.2) is 9.84 Å². The molecule has 1 heterocycles. The number of hydrogen-bond donors (Lipinski definition) is 3. The van der Waals surface area contributed by atoms with Gasteiger partial charge in [-0.15, -0.1) is 0 Å². The summed E-state index contributed by atoms with van der Waals surface area (Å²) in [6, 6.07) is 5.60. The van der Waals surface area contributed by atoms with Gasteiger partial charge in [-0.2, -0.15) is 13.2 Å². The van der Waals surface area contributed by atoms with E-state index in [0.717, 1.165) is 11.0 Å². The minimum Gasteiger partial charge on any atom is -0.465 e. The van der Waals surface area contributed by atoms with Gasteiger partial charge >= 0.3 is 12.3 Å². The second kappa shape index (κ2) is 14.1. The van der Waals surface area contributed by atoms with Gasteiger partial charge in [-0.3, -0.25) is 14.5 Å². The molecule has 0 aliphatic carbocycles. The fourth-order valence-electron chi connectivity index (χ4n) is 4.78. The average molecular weight is 668 g/mol. The number of carbonyl (C=O) groups excluding carboxylic acids is 2. The molecule has 0 saturated carbocycles. The number of benzene rings is 2. The normalized spacial score (nSPS) is 16.0. The number of anilines is 1. The molecule has 1 saturated heterocycles. The number of nitrogens with one attached hydrogen (secondary N) is 2. The van der Waals surface area contributed by atoms with E-state index in [1.54, 1.807) is 4.90 Å². The van der Waals surface area contributed by atoms with E-state index in [0.29, 0.717) is 25.5 Å². The lowest BCUT2D eigenvalue weighted by Gasteiger charge is -2.33. The van der Waals surface area contributed by atoms with Gasteiger partial charge in [0, 0.05) is 48.8 Å². The van der Waals surface area contributed by atoms with E-state index in [4.69, 9.17) is 28.3 Å². The Morgan fingerprint density at radius 3 is 2.42 bits per heavy atom. The molecule has 43 heavy (non-hydrogen) atoms. The monoisotopic (exact) mass is 666 g/mol. The summed E-state index contributed by atoms with van der Waals surface area (Å²) in [7, 11) is -2.58. The zero-order chi connectivity index (χ0) is 32.1. The Kier molecular flexibility index (Phi) is 11.3. The summed E-state index contributed by atoms with van der Waals surface area (Å²) in [6.45, 7) is 1.81. The molecular formula is C27H31Cl2F3N4O6S. The average Bonchev–Trinajstić information content (AvgIpc) is 2.94. The standard InChI is InChI=1S/C27H31Cl2F3N4O6S/c1-3-43(41,42)23-7-6-18(28)13-22(23)35(2)25(38)17-11-20(27(30,31)32)19(21(29)12-17)15-36-10-4-5-16(14-36)24(37)33-8-9-34-26(39)40/h6-7,11-13,16,34H,3-5,8-10,14-15H2,1-2H3,(H,33,37)(H,39,40)/t16-/m0/s1. The number of amides is 3. The van der Waals surface area contributed by atoms with Crippen molar-refractivity contribution in [3.8, 4) is 0 Å². The summed E-state index contributed by atoms with van der Waals surface area (Å²) in [6.07, 6.45) is -5.07. The van der Waals surface area contributed by atoms with E-state index >= 15 is 0 Å². The first-order chi connectivity index (χ1) is 20.0. The number of hydrogen-bond acceptors (Lipinski definition) is 6. The van der Waals surface area contributed by atoms with Crippen molar-refractivity contribution in [3.05, 3.63) is 57.1 Å². The van der Waals surface area contributed by atoms with Gasteiger partial charge < -0.3 is 20.6 Å². The van der Waals surface area contributed by atoms with Gasteiger partial charge in [0.1, 0.15) is 0 Å². The van der Waals surface area contributed by atoms with Crippen LogP contribution in [-0.4, -0.2) is 75.3 Å². The molecule has 0 radical (unpaired) electrons. The third-order valence-electron chi connectivity index (χ3n) is 7.01. The van der Waals surface area contributed by atoms with E-state index in [2.05, 4.69) is 10.6 Å². The highest BCUT2D eigenvalue weighted by Crippen LogP contribution is 2.38. The van der Waals surface area contributed by atoms with Crippen LogP contribution in [0.15, 0.2) is 35.2 Å². The lowest BCUT2D eigenvalue weighted by atomic mass is 9.95. The van der Waals surface area contributed by atoms with Crippen molar-refractivity contribution >= 4 is 56.6 Å². The number of nitrogens with zero attached hydrogens (tertiary/aromatic N) is 2. The molecule has 16 heteroatoms. The highest BCUT2D eigenvalue weighted by Gasteiger charge is 2.37. The van der Waals surface area contributed by atoms with Crippen molar-refractivity contribution in [2.75, 3.05) is 43.9 Å². The summed E-state index contributed by atoms with van der Waals surface area (Å²) in [5.41, 5.74) is -1.90. The molecule has 2 aromatic carbocycles. The maximum Gasteiger partial charge on any atom is 0.416 e. The predicted molar refractivity (Wildman–Crippen MR) is 155 cm³/mol. The van der Waals surface area contributed by atoms with Crippen molar-refractivity contribution in [3.63, 3.8) is 0 Å². The number of sulfone groups is 1. The van der Waals surface area contributed by atoms with Crippen LogP contribution in [0.1, 0.15) is 41.3 Å². The Bertz CT molecular complexity index is 1490. The van der Waals surface area contributed by atoms with Crippen LogP contribution in [0, 0.1) is 5.92 Å². The molecule has 0 bridgehead atoms. The van der Waals surface area contributed by atoms with E-state index in [-0.39, 0.29) is 64.0 Å². The largest absolute Gasteiger partial charge is 0.465 e. The molecule has 10 nitrogen and oxygen atoms in total. The Morgan fingerprint density at radius 2 is 1.79 bits per heavy atom. The summed E-state index contributed by atoms with van der Waals surface area (Å²) >= 11 is 12.4. The molecule has 236 valence electrons. The molecule has 3 N–H and O–H groups in total. The minimum atomic E-state index is -4.88. The van der Waals surface area contributed by atoms with Crippen molar-refractivity contribution in [1.82, 2.24) is 15.5 Å². The lowest BCUT2D eigenvalue weighted by molar-refractivity contribution is -0.138. The molecule has 1 aliphatic heterocycles. The summed E-state index contributed by atoms with van der Waals surface area (Å²) in [5.74, 6) is -2.06. The Morgan fingerprint density at radius 1 is 1.12 bits per heavy atom. The van der Waals surface area contributed by atoms with Crippen LogP contribution in [0.25, 0.3) is 0 Å². The van der Waals surface area contributed by atoms with Crippen LogP contribution in [-0.2, 0) is 27.4 Å². The number of alkyl halides is 3. The summed E-state index contributed by atoms with van der Waals surface area (Å²) in [4.78, 5) is 38.9. The van der Waals surface area contributed by atoms with Crippen molar-refractivity contribution < 1.29 is 41.1 Å². The fraction of sp³-hybridized carbons (Fsp3) is 0.444. The van der Waals surface area contributed by atoms with Crippen molar-refractivity contribution in [2.45, 2.75) is 37.4 Å². The summed E-state index contributed by atoms with van der Waals surface area (Å²) in [5, 5.41) is 13.2. The topological polar surface area (TPSA) is 136 Å². The van der Waals surface area contributed by atoms with E-state index < -0.39 is 45.1 Å². The molecular weight excluding hydrogens is 636 g/mol. The molecule has 0 aromatic heterocycles. The highest BCUT2D eigenvalue weighted by atomic mass is 35.5. The number of rotatable bonds is 10. The molecule has 3 rings (SSSR count). The number of halogens is 5. The first-order valence-electron chi connectivity index (χ1n) is 13.2. The highest BCUT2D eigenvalue weighted by molar-refractivity contribution is 7.91. The zero-order valence-corrected chi connectivity index (χ0v) is 25.6. The Hall–Kier alpha value is -3.07. The SMILES string of the molecule is CCS(=O)(=O)c1ccc(Cl)cc1N(C)C(=O)c1cc(Cl)c(CN2CCC[C@H](C(=O)NCCNC(=O)O)C2)c(C(F)(F)F)c1. The van der Waals surface area contributed by atoms with E-state index in [1.165, 1.54) is 32.2 Å². The van der Waals surface area contributed by atoms with Crippen molar-refractivity contribution in [2.24, 2.45) is 5.92 Å². The van der Waals surface area contributed by atoms with Crippen LogP contribution in [0.5, 0.6) is 0 Å². The van der Waals surface area contributed by atoms with Crippen LogP contribution in [0.3, 0.4) is 0 Å². The third kappa shape index (κ3) is 8.74. The van der Waals surface area contributed by atoms with Gasteiger partial charge in [0.2, 0.25) is 5.91 Å². The van der Waals surface area contributed by atoms with E-state index in [9.17, 15) is 36.0 Å². The number of piperidine rings is 1. The zero-order valence-electron chi connectivity index (χ0n) is 23.3. The van der Waals surface area contributed by atoms with Crippen LogP contribution in [0.4, 0.5) is 23.7 Å². The molecule has 0 unspecified atom stereocenters. The number of carboxylic acid groups (broad SMARTS) is 1. The molecule has 0 spiro atoms. The first-order valence-corrected chi connectivity index (χ1v) is 15.6. The van der Waals surface area contributed by atoms with E-state index in [1.807, 2.05) is 0 Å². The predicted octanol–water partition coefficient (Wildman–Crippen LogP) is 4.68. The van der Waals surface area contributed by atoms with Gasteiger partial charge in [0.05, 0.1) is 27.8 Å². The number of likely N-dealkylation sites (tertiary alicyclic amines) is 1. The second-order valence-corrected chi connectivity index (χ2v) is 13.0. The molecule has 1 fully saturated rings. The Labute approximate surface area is 257 Å². The maximum atomic E-state index is 14.3. The van der Waals surface area contributed by atoms with Crippen molar-refractivity contribution in [1.29, 1.82) is 0 Å². The van der Waals surface area contributed by atoms with Gasteiger partial charge in [-0.25, -0.2) is 13.2 Å². The lowest BCUT2D eigenvalue weighted by Crippen LogP contribution is -2.44. The quantitative estimate of drug-likeness (QED) is 0.313. The Balaban J connectivity index is 1.87. The van der Waals surface area contributed by atoms with Gasteiger partial charge in [-0.05, 0) is 55.3 Å². The van der Waals surface area contributed by atoms with Crippen LogP contribution < -0.4 is 15.5 Å². The fourth-order valence-corrected chi connectivity index (χ4v) is 6.33. The van der Waals surface area contributed by atoms with Crippen LogP contribution in [0.2, 0.25) is 10.0 Å². The van der Waals surface area contributed by atoms with Gasteiger partial charge in [0.25, 0.3) is 5.91 Å². The summed E-state index contributed by atoms with van der Waals surface area (Å²) < 4.78 is 68.1. The molecule has 3 amide bonds. The second-order valence-electron chi connectivity index (χ2n) is 9.96. The first kappa shape index (κ1) is 34.4. The minimum absolute atomic E-state index is 0.00928. The number of carbonyl (C=O) groups is 3. The molecule has 1 aliphatic rings. The smallest absolute Gasteiger partial charge is 0.416 e. The maximum absolute atomic E-state index is 14.3. The van der Waals surface area contributed by atoms with Gasteiger partial charge in [-0.1, -0.05) is 30.1 Å².